The Morgan fingerprint density at radius 2 is 1.12 bits per heavy atom. The first-order chi connectivity index (χ1) is 5.71. The van der Waals surface area contributed by atoms with E-state index in [1.165, 1.54) is 0 Å². The molecule has 0 aliphatic rings. The molecule has 0 heterocycles. The Morgan fingerprint density at radius 3 is 1.12 bits per heavy atom. The number of hydrogen-bond acceptors (Lipinski definition) is 9. The summed E-state index contributed by atoms with van der Waals surface area (Å²) in [5.41, 5.74) is 0. The zero-order valence-corrected chi connectivity index (χ0v) is 16.0. The van der Waals surface area contributed by atoms with Crippen LogP contribution < -0.4 is 67.4 Å². The summed E-state index contributed by atoms with van der Waals surface area (Å²) in [4.78, 5) is 0. The van der Waals surface area contributed by atoms with Crippen LogP contribution in [0.15, 0.2) is 0 Å². The molecule has 0 bridgehead atoms. The van der Waals surface area contributed by atoms with E-state index in [-0.39, 0.29) is 59.1 Å². The van der Waals surface area contributed by atoms with Crippen LogP contribution in [0.5, 0.6) is 0 Å². The average molecular weight is 376 g/mol. The summed E-state index contributed by atoms with van der Waals surface area (Å²) in [6.45, 7) is 0. The van der Waals surface area contributed by atoms with Gasteiger partial charge in [0.15, 0.2) is 0 Å². The molecule has 0 fully saturated rings. The summed E-state index contributed by atoms with van der Waals surface area (Å²) in [5.74, 6) is 0. The Kier molecular flexibility index (Phi) is 17.2. The normalized spacial score (nSPS) is 11.2. The van der Waals surface area contributed by atoms with Gasteiger partial charge in [0.1, 0.15) is 0 Å². The summed E-state index contributed by atoms with van der Waals surface area (Å²) in [6.07, 6.45) is 0. The molecule has 0 aromatic rings. The van der Waals surface area contributed by atoms with Gasteiger partial charge >= 0.3 is 113 Å². The van der Waals surface area contributed by atoms with Crippen LogP contribution in [-0.4, -0.2) is 13.3 Å². The van der Waals surface area contributed by atoms with Gasteiger partial charge in [0.05, 0.1) is 0 Å². The molecule has 0 rings (SSSR count). The van der Waals surface area contributed by atoms with Crippen molar-refractivity contribution in [2.75, 3.05) is 0 Å². The van der Waals surface area contributed by atoms with Crippen LogP contribution in [0.2, 0.25) is 0 Å². The van der Waals surface area contributed by atoms with Gasteiger partial charge in [-0.1, -0.05) is 0 Å². The standard InChI is InChI=1S/2Cr.2Na.H2O3S2.7O/c;;;;1-5(2,3)4;;;;;;;/h;;;;(H2,1,2,3,4);;;;;;;/q;;2*+1;;;;;;;2*-1. The van der Waals surface area contributed by atoms with Gasteiger partial charge in [-0.25, -0.2) is 0 Å². The molecule has 0 unspecified atom stereocenters. The van der Waals surface area contributed by atoms with Crippen molar-refractivity contribution in [3.05, 3.63) is 0 Å². The van der Waals surface area contributed by atoms with Crippen LogP contribution in [0.4, 0.5) is 0 Å². The van der Waals surface area contributed by atoms with Crippen LogP contribution in [0.3, 0.4) is 0 Å². The van der Waals surface area contributed by atoms with Crippen molar-refractivity contribution >= 4 is 20.2 Å². The van der Waals surface area contributed by atoms with Gasteiger partial charge in [-0.3, -0.25) is 9.11 Å². The summed E-state index contributed by atoms with van der Waals surface area (Å²) < 4.78 is 82.8. The summed E-state index contributed by atoms with van der Waals surface area (Å²) in [6, 6.07) is 0. The van der Waals surface area contributed by atoms with Crippen molar-refractivity contribution in [1.82, 2.24) is 0 Å². The minimum absolute atomic E-state index is 0. The Labute approximate surface area is 144 Å². The van der Waals surface area contributed by atoms with Gasteiger partial charge in [0.25, 0.3) is 9.05 Å². The van der Waals surface area contributed by atoms with Crippen molar-refractivity contribution in [2.45, 2.75) is 0 Å². The number of hydrogen-bond donors (Lipinski definition) is 2. The fourth-order valence-corrected chi connectivity index (χ4v) is 1.74. The molecule has 0 amide bonds. The first kappa shape index (κ1) is 26.9. The first-order valence-corrected chi connectivity index (χ1v) is 8.59. The molecule has 88 valence electrons. The monoisotopic (exact) mass is 376 g/mol. The summed E-state index contributed by atoms with van der Waals surface area (Å²) in [5, 5.41) is 0. The molecular weight excluding hydrogens is 374 g/mol. The molecule has 0 aromatic heterocycles. The molecule has 16 heavy (non-hydrogen) atoms. The predicted octanol–water partition coefficient (Wildman–Crippen LogP) is -9.24. The maximum absolute atomic E-state index is 9.38. The summed E-state index contributed by atoms with van der Waals surface area (Å²) >= 11 is -8.68. The molecule has 0 saturated heterocycles. The van der Waals surface area contributed by atoms with Crippen LogP contribution in [0.25, 0.3) is 0 Å². The van der Waals surface area contributed by atoms with Gasteiger partial charge in [-0.05, 0) is 0 Å². The van der Waals surface area contributed by atoms with Crippen molar-refractivity contribution in [3.8, 4) is 0 Å². The molecule has 10 nitrogen and oxygen atoms in total. The van der Waals surface area contributed by atoms with E-state index in [2.05, 4.69) is 14.0 Å². The predicted molar refractivity (Wildman–Crippen MR) is 24.6 cm³/mol. The molecule has 2 N–H and O–H groups in total. The van der Waals surface area contributed by atoms with Crippen LogP contribution in [0, 0.1) is 0 Å². The molecule has 16 heteroatoms. The Bertz CT molecular complexity index is 417. The quantitative estimate of drug-likeness (QED) is 0.437. The molecular formula is H2Cr2Na2O10S2. The third kappa shape index (κ3) is 55.0. The summed E-state index contributed by atoms with van der Waals surface area (Å²) in [7, 11) is -3.83. The fraction of sp³-hybridized carbons (Fsp3) is 0. The van der Waals surface area contributed by atoms with E-state index in [1.54, 1.807) is 0 Å². The second-order valence-electron chi connectivity index (χ2n) is 1.33. The van der Waals surface area contributed by atoms with Crippen molar-refractivity contribution in [2.24, 2.45) is 0 Å². The van der Waals surface area contributed by atoms with E-state index in [4.69, 9.17) is 13.3 Å². The molecule has 0 atom stereocenters. The van der Waals surface area contributed by atoms with E-state index >= 15 is 0 Å². The van der Waals surface area contributed by atoms with Gasteiger partial charge in [-0.2, -0.15) is 4.21 Å². The Hall–Kier alpha value is 2.43. The fourth-order valence-electron chi connectivity index (χ4n) is 0.102. The van der Waals surface area contributed by atoms with E-state index < -0.39 is 36.3 Å². The van der Waals surface area contributed by atoms with E-state index in [0.29, 0.717) is 0 Å². The Balaban J connectivity index is -0.0000000904. The topological polar surface area (TPSA) is 181 Å². The third-order valence-electron chi connectivity index (χ3n) is 0.167. The van der Waals surface area contributed by atoms with Crippen molar-refractivity contribution in [1.29, 1.82) is 0 Å². The molecule has 0 saturated carbocycles. The Morgan fingerprint density at radius 1 is 1.00 bits per heavy atom. The third-order valence-corrected chi connectivity index (χ3v) is 2.83. The van der Waals surface area contributed by atoms with Crippen molar-refractivity contribution in [3.63, 3.8) is 0 Å². The van der Waals surface area contributed by atoms with Gasteiger partial charge in [0, 0.05) is 11.2 Å². The van der Waals surface area contributed by atoms with E-state index in [1.807, 2.05) is 0 Å². The van der Waals surface area contributed by atoms with Crippen molar-refractivity contribution < 1.29 is 126 Å². The molecule has 0 aliphatic carbocycles. The van der Waals surface area contributed by atoms with Crippen LogP contribution in [-0.2, 0) is 65.5 Å². The van der Waals surface area contributed by atoms with Gasteiger partial charge in [-0.15, -0.1) is 0 Å². The second-order valence-corrected chi connectivity index (χ2v) is 7.17. The number of rotatable bonds is 2. The SMILES string of the molecule is O=S(O)(O)=S.[Na+].[Na+].[O]=[Cr](=[O])([O-])[O][Cr](=[O])(=[O])[O-]. The zero-order chi connectivity index (χ0) is 12.2. The average Bonchev–Trinajstić information content (AvgIpc) is 1.42. The van der Waals surface area contributed by atoms with Crippen LogP contribution in [0.1, 0.15) is 0 Å². The maximum atomic E-state index is 9.38. The molecule has 0 radical (unpaired) electrons. The molecule has 0 aliphatic heterocycles. The second kappa shape index (κ2) is 10.2. The van der Waals surface area contributed by atoms with Gasteiger partial charge < -0.3 is 0 Å². The molecule has 0 spiro atoms. The van der Waals surface area contributed by atoms with Crippen LogP contribution >= 0.6 is 0 Å². The van der Waals surface area contributed by atoms with Gasteiger partial charge in [0.2, 0.25) is 0 Å². The molecule has 0 aromatic carbocycles. The van der Waals surface area contributed by atoms with E-state index in [9.17, 15) is 23.5 Å². The first-order valence-electron chi connectivity index (χ1n) is 2.03. The van der Waals surface area contributed by atoms with E-state index in [0.717, 1.165) is 0 Å². The minimum atomic E-state index is -6.07. The zero-order valence-electron chi connectivity index (χ0n) is 7.79.